The third-order valence-corrected chi connectivity index (χ3v) is 5.55. The topological polar surface area (TPSA) is 51.2 Å². The highest BCUT2D eigenvalue weighted by Crippen LogP contribution is 2.28. The zero-order chi connectivity index (χ0) is 18.4. The Balaban J connectivity index is 1.48. The summed E-state index contributed by atoms with van der Waals surface area (Å²) < 4.78 is 19.0. The smallest absolute Gasteiger partial charge is 0.225 e. The van der Waals surface area contributed by atoms with Crippen LogP contribution in [-0.2, 0) is 4.79 Å². The van der Waals surface area contributed by atoms with E-state index >= 15 is 0 Å². The van der Waals surface area contributed by atoms with E-state index in [1.807, 2.05) is 23.6 Å². The minimum Gasteiger partial charge on any atom is -0.497 e. The summed E-state index contributed by atoms with van der Waals surface area (Å²) >= 11 is 3.05. The Hall–Kier alpha value is -2.38. The molecule has 0 atom stereocenters. The molecule has 1 heterocycles. The minimum absolute atomic E-state index is 0.0546. The van der Waals surface area contributed by atoms with Gasteiger partial charge in [-0.05, 0) is 36.4 Å². The molecule has 1 amide bonds. The van der Waals surface area contributed by atoms with Crippen molar-refractivity contribution in [2.75, 3.05) is 18.2 Å². The van der Waals surface area contributed by atoms with Crippen molar-refractivity contribution in [3.63, 3.8) is 0 Å². The Kier molecular flexibility index (Phi) is 6.25. The van der Waals surface area contributed by atoms with Gasteiger partial charge in [-0.25, -0.2) is 9.37 Å². The molecule has 0 fully saturated rings. The summed E-state index contributed by atoms with van der Waals surface area (Å²) in [7, 11) is 1.59. The van der Waals surface area contributed by atoms with Gasteiger partial charge >= 0.3 is 0 Å². The number of ether oxygens (including phenoxy) is 1. The molecule has 0 radical (unpaired) electrons. The number of anilines is 1. The molecule has 3 aromatic rings. The average molecular weight is 388 g/mol. The van der Waals surface area contributed by atoms with Crippen LogP contribution in [0.4, 0.5) is 10.1 Å². The van der Waals surface area contributed by atoms with E-state index in [9.17, 15) is 9.18 Å². The van der Waals surface area contributed by atoms with Gasteiger partial charge < -0.3 is 10.1 Å². The van der Waals surface area contributed by atoms with Crippen LogP contribution >= 0.6 is 23.1 Å². The summed E-state index contributed by atoms with van der Waals surface area (Å²) in [6, 6.07) is 13.5. The normalized spacial score (nSPS) is 10.5. The highest BCUT2D eigenvalue weighted by atomic mass is 32.2. The second kappa shape index (κ2) is 8.82. The number of hydrogen-bond acceptors (Lipinski definition) is 5. The molecule has 26 heavy (non-hydrogen) atoms. The van der Waals surface area contributed by atoms with Crippen LogP contribution in [0.1, 0.15) is 6.42 Å². The fraction of sp³-hybridized carbons (Fsp3) is 0.158. The van der Waals surface area contributed by atoms with E-state index in [1.54, 1.807) is 25.3 Å². The highest BCUT2D eigenvalue weighted by molar-refractivity contribution is 8.01. The van der Waals surface area contributed by atoms with E-state index in [0.29, 0.717) is 23.6 Å². The van der Waals surface area contributed by atoms with Gasteiger partial charge in [-0.2, -0.15) is 0 Å². The number of benzene rings is 2. The van der Waals surface area contributed by atoms with E-state index in [2.05, 4.69) is 10.3 Å². The number of nitrogens with one attached hydrogen (secondary N) is 1. The predicted molar refractivity (Wildman–Crippen MR) is 104 cm³/mol. The number of halogens is 1. The molecular weight excluding hydrogens is 371 g/mol. The van der Waals surface area contributed by atoms with Crippen LogP contribution < -0.4 is 10.1 Å². The first-order valence-corrected chi connectivity index (χ1v) is 9.79. The first-order chi connectivity index (χ1) is 12.6. The van der Waals surface area contributed by atoms with Gasteiger partial charge in [0.05, 0.1) is 12.8 Å². The lowest BCUT2D eigenvalue weighted by Crippen LogP contribution is -2.12. The molecule has 1 N–H and O–H groups in total. The van der Waals surface area contributed by atoms with E-state index in [-0.39, 0.29) is 11.7 Å². The second-order valence-electron chi connectivity index (χ2n) is 5.38. The van der Waals surface area contributed by atoms with Crippen LogP contribution in [0.25, 0.3) is 11.3 Å². The van der Waals surface area contributed by atoms with Crippen LogP contribution in [0, 0.1) is 5.82 Å². The van der Waals surface area contributed by atoms with Gasteiger partial charge in [-0.15, -0.1) is 11.3 Å². The standard InChI is InChI=1S/C19H17FN2O2S2/c1-24-16-4-2-3-15(11-16)21-18(23)9-10-25-19-22-17(12-26-19)13-5-7-14(20)8-6-13/h2-8,11-12H,9-10H2,1H3,(H,21,23). The molecule has 0 saturated heterocycles. The van der Waals surface area contributed by atoms with Crippen molar-refractivity contribution in [3.05, 3.63) is 59.7 Å². The number of amides is 1. The fourth-order valence-electron chi connectivity index (χ4n) is 2.23. The zero-order valence-electron chi connectivity index (χ0n) is 14.1. The monoisotopic (exact) mass is 388 g/mol. The second-order valence-corrected chi connectivity index (χ2v) is 7.58. The van der Waals surface area contributed by atoms with Crippen LogP contribution in [0.3, 0.4) is 0 Å². The number of aromatic nitrogens is 1. The van der Waals surface area contributed by atoms with Gasteiger partial charge in [0.2, 0.25) is 5.91 Å². The quantitative estimate of drug-likeness (QED) is 0.574. The van der Waals surface area contributed by atoms with Crippen molar-refractivity contribution in [1.29, 1.82) is 0 Å². The van der Waals surface area contributed by atoms with Crippen molar-refractivity contribution in [2.24, 2.45) is 0 Å². The lowest BCUT2D eigenvalue weighted by atomic mass is 10.2. The molecule has 0 saturated carbocycles. The molecule has 0 unspecified atom stereocenters. The Morgan fingerprint density at radius 2 is 2.08 bits per heavy atom. The molecule has 134 valence electrons. The fourth-order valence-corrected chi connectivity index (χ4v) is 4.08. The third-order valence-electron chi connectivity index (χ3n) is 3.53. The molecule has 4 nitrogen and oxygen atoms in total. The van der Waals surface area contributed by atoms with Gasteiger partial charge in [-0.3, -0.25) is 4.79 Å². The van der Waals surface area contributed by atoms with Gasteiger partial charge in [0, 0.05) is 34.9 Å². The Morgan fingerprint density at radius 3 is 2.85 bits per heavy atom. The number of carbonyl (C=O) groups is 1. The minimum atomic E-state index is -0.263. The summed E-state index contributed by atoms with van der Waals surface area (Å²) in [6.45, 7) is 0. The lowest BCUT2D eigenvalue weighted by Gasteiger charge is -2.06. The molecule has 1 aromatic heterocycles. The van der Waals surface area contributed by atoms with E-state index < -0.39 is 0 Å². The molecule has 0 bridgehead atoms. The van der Waals surface area contributed by atoms with E-state index in [4.69, 9.17) is 4.74 Å². The van der Waals surface area contributed by atoms with E-state index in [0.717, 1.165) is 15.6 Å². The molecule has 3 rings (SSSR count). The Morgan fingerprint density at radius 1 is 1.27 bits per heavy atom. The molecule has 2 aromatic carbocycles. The predicted octanol–water partition coefficient (Wildman–Crippen LogP) is 5.08. The van der Waals surface area contributed by atoms with Crippen molar-refractivity contribution in [3.8, 4) is 17.0 Å². The Labute approximate surface area is 159 Å². The van der Waals surface area contributed by atoms with Crippen molar-refractivity contribution in [1.82, 2.24) is 4.98 Å². The maximum atomic E-state index is 13.0. The number of nitrogens with zero attached hydrogens (tertiary/aromatic N) is 1. The lowest BCUT2D eigenvalue weighted by molar-refractivity contribution is -0.115. The number of thiazole rings is 1. The summed E-state index contributed by atoms with van der Waals surface area (Å²) in [5.74, 6) is 1.02. The number of thioether (sulfide) groups is 1. The maximum absolute atomic E-state index is 13.0. The molecular formula is C19H17FN2O2S2. The zero-order valence-corrected chi connectivity index (χ0v) is 15.7. The summed E-state index contributed by atoms with van der Waals surface area (Å²) in [4.78, 5) is 16.6. The molecule has 0 spiro atoms. The molecule has 0 aliphatic heterocycles. The van der Waals surface area contributed by atoms with Crippen LogP contribution in [0.5, 0.6) is 5.75 Å². The summed E-state index contributed by atoms with van der Waals surface area (Å²) in [5, 5.41) is 4.79. The van der Waals surface area contributed by atoms with Crippen LogP contribution in [-0.4, -0.2) is 23.8 Å². The van der Waals surface area contributed by atoms with Crippen LogP contribution in [0.15, 0.2) is 58.3 Å². The summed E-state index contributed by atoms with van der Waals surface area (Å²) in [6.07, 6.45) is 0.382. The van der Waals surface area contributed by atoms with Crippen molar-refractivity contribution in [2.45, 2.75) is 10.8 Å². The highest BCUT2D eigenvalue weighted by Gasteiger charge is 2.08. The van der Waals surface area contributed by atoms with Gasteiger partial charge in [0.25, 0.3) is 0 Å². The first-order valence-electron chi connectivity index (χ1n) is 7.92. The van der Waals surface area contributed by atoms with Crippen molar-refractivity contribution >= 4 is 34.7 Å². The summed E-state index contributed by atoms with van der Waals surface area (Å²) in [5.41, 5.74) is 2.41. The van der Waals surface area contributed by atoms with E-state index in [1.165, 1.54) is 35.2 Å². The third kappa shape index (κ3) is 5.06. The Bertz CT molecular complexity index is 881. The SMILES string of the molecule is COc1cccc(NC(=O)CCSc2nc(-c3ccc(F)cc3)cs2)c1. The van der Waals surface area contributed by atoms with Gasteiger partial charge in [0.1, 0.15) is 11.6 Å². The van der Waals surface area contributed by atoms with Gasteiger partial charge in [-0.1, -0.05) is 17.8 Å². The van der Waals surface area contributed by atoms with Gasteiger partial charge in [0.15, 0.2) is 4.34 Å². The number of rotatable bonds is 7. The van der Waals surface area contributed by atoms with Crippen LogP contribution in [0.2, 0.25) is 0 Å². The average Bonchev–Trinajstić information content (AvgIpc) is 3.11. The van der Waals surface area contributed by atoms with Crippen molar-refractivity contribution < 1.29 is 13.9 Å². The maximum Gasteiger partial charge on any atom is 0.225 e. The molecule has 0 aliphatic carbocycles. The number of methoxy groups -OCH3 is 1. The molecule has 0 aliphatic rings. The first kappa shape index (κ1) is 18.4. The number of carbonyl (C=O) groups excluding carboxylic acids is 1. The largest absolute Gasteiger partial charge is 0.497 e. The molecule has 7 heteroatoms. The number of hydrogen-bond donors (Lipinski definition) is 1.